The fourth-order valence-corrected chi connectivity index (χ4v) is 2.19. The Hall–Kier alpha value is -0.900. The van der Waals surface area contributed by atoms with Crippen LogP contribution in [-0.4, -0.2) is 29.6 Å². The first-order valence-corrected chi connectivity index (χ1v) is 7.15. The summed E-state index contributed by atoms with van der Waals surface area (Å²) in [5.74, 6) is 3.01. The molecule has 0 spiro atoms. The molecule has 0 aliphatic rings. The fraction of sp³-hybridized carbons (Fsp3) is 0.583. The van der Waals surface area contributed by atoms with E-state index < -0.39 is 0 Å². The summed E-state index contributed by atoms with van der Waals surface area (Å²) in [7, 11) is 0. The van der Waals surface area contributed by atoms with Crippen LogP contribution in [0.2, 0.25) is 0 Å². The minimum absolute atomic E-state index is 0.499. The maximum Gasteiger partial charge on any atom is 0.128 e. The van der Waals surface area contributed by atoms with Crippen molar-refractivity contribution in [2.24, 2.45) is 0 Å². The summed E-state index contributed by atoms with van der Waals surface area (Å²) in [6.45, 7) is 5.17. The van der Waals surface area contributed by atoms with E-state index in [4.69, 9.17) is 0 Å². The molecule has 0 aliphatic heterocycles. The van der Waals surface area contributed by atoms with Gasteiger partial charge in [0.25, 0.3) is 0 Å². The van der Waals surface area contributed by atoms with Crippen LogP contribution in [0.5, 0.6) is 0 Å². The van der Waals surface area contributed by atoms with Crippen LogP contribution in [0.15, 0.2) is 18.2 Å². The number of hydrogen-bond acceptors (Lipinski definition) is 4. The van der Waals surface area contributed by atoms with Crippen molar-refractivity contribution < 1.29 is 0 Å². The van der Waals surface area contributed by atoms with Crippen LogP contribution in [0.1, 0.15) is 20.3 Å². The number of pyridine rings is 1. The molecule has 3 nitrogen and oxygen atoms in total. The van der Waals surface area contributed by atoms with Gasteiger partial charge in [0.1, 0.15) is 11.6 Å². The Morgan fingerprint density at radius 3 is 2.69 bits per heavy atom. The Labute approximate surface area is 102 Å². The molecular formula is C12H21N3S. The zero-order valence-electron chi connectivity index (χ0n) is 10.3. The molecule has 0 fully saturated rings. The third kappa shape index (κ3) is 4.31. The SMILES string of the molecule is CCNc1cccc(NC(CC)CSC)n1. The summed E-state index contributed by atoms with van der Waals surface area (Å²) < 4.78 is 0. The molecule has 1 aromatic heterocycles. The van der Waals surface area contributed by atoms with Crippen LogP contribution in [-0.2, 0) is 0 Å². The van der Waals surface area contributed by atoms with Crippen molar-refractivity contribution >= 4 is 23.4 Å². The Morgan fingerprint density at radius 2 is 2.06 bits per heavy atom. The van der Waals surface area contributed by atoms with Crippen molar-refractivity contribution in [2.45, 2.75) is 26.3 Å². The van der Waals surface area contributed by atoms with E-state index in [9.17, 15) is 0 Å². The van der Waals surface area contributed by atoms with E-state index >= 15 is 0 Å². The van der Waals surface area contributed by atoms with Crippen LogP contribution >= 0.6 is 11.8 Å². The fourth-order valence-electron chi connectivity index (χ4n) is 1.47. The van der Waals surface area contributed by atoms with Crippen molar-refractivity contribution in [3.05, 3.63) is 18.2 Å². The van der Waals surface area contributed by atoms with Crippen molar-refractivity contribution in [3.8, 4) is 0 Å². The lowest BCUT2D eigenvalue weighted by Gasteiger charge is -2.16. The first-order chi connectivity index (χ1) is 7.80. The molecule has 0 saturated heterocycles. The molecule has 0 aromatic carbocycles. The monoisotopic (exact) mass is 239 g/mol. The highest BCUT2D eigenvalue weighted by atomic mass is 32.2. The van der Waals surface area contributed by atoms with Crippen LogP contribution in [0.25, 0.3) is 0 Å². The first kappa shape index (κ1) is 13.2. The molecule has 0 radical (unpaired) electrons. The molecule has 1 atom stereocenters. The predicted octanol–water partition coefficient (Wildman–Crippen LogP) is 3.07. The average Bonchev–Trinajstić information content (AvgIpc) is 2.29. The number of anilines is 2. The first-order valence-electron chi connectivity index (χ1n) is 5.76. The number of nitrogens with zero attached hydrogens (tertiary/aromatic N) is 1. The standard InChI is InChI=1S/C12H21N3S/c1-4-10(9-16-3)14-12-8-6-7-11(15-12)13-5-2/h6-8,10H,4-5,9H2,1-3H3,(H2,13,14,15). The summed E-state index contributed by atoms with van der Waals surface area (Å²) in [6.07, 6.45) is 3.25. The molecule has 16 heavy (non-hydrogen) atoms. The van der Waals surface area contributed by atoms with Gasteiger partial charge >= 0.3 is 0 Å². The van der Waals surface area contributed by atoms with Gasteiger partial charge in [-0.05, 0) is 31.7 Å². The van der Waals surface area contributed by atoms with Crippen molar-refractivity contribution in [3.63, 3.8) is 0 Å². The molecule has 0 amide bonds. The van der Waals surface area contributed by atoms with Gasteiger partial charge in [-0.2, -0.15) is 11.8 Å². The molecule has 90 valence electrons. The van der Waals surface area contributed by atoms with E-state index in [1.807, 2.05) is 30.0 Å². The highest BCUT2D eigenvalue weighted by molar-refractivity contribution is 7.98. The topological polar surface area (TPSA) is 37.0 Å². The predicted molar refractivity (Wildman–Crippen MR) is 74.5 cm³/mol. The van der Waals surface area contributed by atoms with Gasteiger partial charge in [-0.15, -0.1) is 0 Å². The number of thioether (sulfide) groups is 1. The van der Waals surface area contributed by atoms with Gasteiger partial charge in [0.15, 0.2) is 0 Å². The van der Waals surface area contributed by atoms with Crippen LogP contribution in [0.3, 0.4) is 0 Å². The molecule has 0 bridgehead atoms. The van der Waals surface area contributed by atoms with E-state index in [2.05, 4.69) is 35.7 Å². The zero-order chi connectivity index (χ0) is 11.8. The molecule has 2 N–H and O–H groups in total. The van der Waals surface area contributed by atoms with E-state index in [0.29, 0.717) is 6.04 Å². The second kappa shape index (κ2) is 7.39. The van der Waals surface area contributed by atoms with Gasteiger partial charge in [-0.25, -0.2) is 4.98 Å². The van der Waals surface area contributed by atoms with Gasteiger partial charge in [0.2, 0.25) is 0 Å². The molecule has 1 unspecified atom stereocenters. The zero-order valence-corrected chi connectivity index (χ0v) is 11.1. The van der Waals surface area contributed by atoms with Gasteiger partial charge in [0, 0.05) is 18.3 Å². The summed E-state index contributed by atoms with van der Waals surface area (Å²) in [5.41, 5.74) is 0. The van der Waals surface area contributed by atoms with E-state index in [0.717, 1.165) is 30.4 Å². The van der Waals surface area contributed by atoms with Gasteiger partial charge in [0.05, 0.1) is 0 Å². The van der Waals surface area contributed by atoms with Crippen LogP contribution in [0, 0.1) is 0 Å². The van der Waals surface area contributed by atoms with Gasteiger partial charge < -0.3 is 10.6 Å². The number of nitrogens with one attached hydrogen (secondary N) is 2. The highest BCUT2D eigenvalue weighted by Crippen LogP contribution is 2.12. The van der Waals surface area contributed by atoms with Crippen LogP contribution in [0.4, 0.5) is 11.6 Å². The Kier molecular flexibility index (Phi) is 6.08. The van der Waals surface area contributed by atoms with Gasteiger partial charge in [-0.3, -0.25) is 0 Å². The summed E-state index contributed by atoms with van der Waals surface area (Å²) in [6, 6.07) is 6.53. The second-order valence-electron chi connectivity index (χ2n) is 3.64. The van der Waals surface area contributed by atoms with E-state index in [1.54, 1.807) is 0 Å². The van der Waals surface area contributed by atoms with Crippen molar-refractivity contribution in [2.75, 3.05) is 29.2 Å². The number of hydrogen-bond donors (Lipinski definition) is 2. The minimum Gasteiger partial charge on any atom is -0.370 e. The largest absolute Gasteiger partial charge is 0.370 e. The maximum absolute atomic E-state index is 4.50. The lowest BCUT2D eigenvalue weighted by atomic mass is 10.2. The van der Waals surface area contributed by atoms with E-state index in [1.165, 1.54) is 0 Å². The van der Waals surface area contributed by atoms with Crippen molar-refractivity contribution in [1.29, 1.82) is 0 Å². The smallest absolute Gasteiger partial charge is 0.128 e. The molecule has 0 saturated carbocycles. The molecule has 1 aromatic rings. The number of rotatable bonds is 7. The summed E-state index contributed by atoms with van der Waals surface area (Å²) in [4.78, 5) is 4.50. The summed E-state index contributed by atoms with van der Waals surface area (Å²) >= 11 is 1.86. The molecule has 1 rings (SSSR count). The highest BCUT2D eigenvalue weighted by Gasteiger charge is 2.05. The van der Waals surface area contributed by atoms with E-state index in [-0.39, 0.29) is 0 Å². The lowest BCUT2D eigenvalue weighted by Crippen LogP contribution is -2.21. The van der Waals surface area contributed by atoms with Gasteiger partial charge in [-0.1, -0.05) is 13.0 Å². The maximum atomic E-state index is 4.50. The second-order valence-corrected chi connectivity index (χ2v) is 4.55. The molecule has 0 aliphatic carbocycles. The van der Waals surface area contributed by atoms with Crippen LogP contribution < -0.4 is 10.6 Å². The summed E-state index contributed by atoms with van der Waals surface area (Å²) in [5, 5.41) is 6.67. The normalized spacial score (nSPS) is 12.2. The minimum atomic E-state index is 0.499. The van der Waals surface area contributed by atoms with Crippen molar-refractivity contribution in [1.82, 2.24) is 4.98 Å². The average molecular weight is 239 g/mol. The number of aromatic nitrogens is 1. The molecule has 4 heteroatoms. The quantitative estimate of drug-likeness (QED) is 0.767. The lowest BCUT2D eigenvalue weighted by molar-refractivity contribution is 0.770. The third-order valence-electron chi connectivity index (χ3n) is 2.32. The third-order valence-corrected chi connectivity index (χ3v) is 3.06. The Bertz CT molecular complexity index is 304. The Balaban J connectivity index is 2.60. The Morgan fingerprint density at radius 1 is 1.31 bits per heavy atom. The molecular weight excluding hydrogens is 218 g/mol. The molecule has 1 heterocycles.